The fourth-order valence-corrected chi connectivity index (χ4v) is 2.66. The third-order valence-electron chi connectivity index (χ3n) is 4.14. The van der Waals surface area contributed by atoms with E-state index in [0.717, 1.165) is 23.3 Å². The van der Waals surface area contributed by atoms with E-state index in [1.807, 2.05) is 59.5 Å². The molecule has 5 nitrogen and oxygen atoms in total. The Labute approximate surface area is 155 Å². The second-order valence-corrected chi connectivity index (χ2v) is 6.19. The lowest BCUT2D eigenvalue weighted by Gasteiger charge is -2.26. The Kier molecular flexibility index (Phi) is 8.12. The highest BCUT2D eigenvalue weighted by Gasteiger charge is 2.21. The first kappa shape index (κ1) is 19.9. The number of hydrogen-bond donors (Lipinski definition) is 1. The molecule has 5 heteroatoms. The molecule has 2 N–H and O–H groups in total. The first-order valence-electron chi connectivity index (χ1n) is 8.91. The third kappa shape index (κ3) is 6.17. The van der Waals surface area contributed by atoms with Gasteiger partial charge in [-0.1, -0.05) is 42.5 Å². The topological polar surface area (TPSA) is 64.8 Å². The molecule has 1 amide bonds. The zero-order valence-electron chi connectivity index (χ0n) is 15.6. The highest BCUT2D eigenvalue weighted by Crippen LogP contribution is 2.15. The van der Waals surface area contributed by atoms with Crippen molar-refractivity contribution < 1.29 is 14.3 Å². The van der Waals surface area contributed by atoms with Crippen LogP contribution < -0.4 is 10.5 Å². The van der Waals surface area contributed by atoms with Gasteiger partial charge < -0.3 is 20.1 Å². The normalized spacial score (nSPS) is 11.8. The Morgan fingerprint density at radius 1 is 1.12 bits per heavy atom. The third-order valence-corrected chi connectivity index (χ3v) is 4.14. The number of nitrogens with zero attached hydrogens (tertiary/aromatic N) is 1. The van der Waals surface area contributed by atoms with E-state index in [0.29, 0.717) is 26.2 Å². The molecule has 2 aromatic carbocycles. The number of nitrogens with two attached hydrogens (primary N) is 1. The molecule has 0 aromatic heterocycles. The van der Waals surface area contributed by atoms with Gasteiger partial charge in [-0.25, -0.2) is 0 Å². The van der Waals surface area contributed by atoms with Crippen LogP contribution >= 0.6 is 0 Å². The minimum atomic E-state index is -0.525. The van der Waals surface area contributed by atoms with Crippen LogP contribution in [0.5, 0.6) is 5.75 Å². The van der Waals surface area contributed by atoms with Gasteiger partial charge in [-0.3, -0.25) is 4.79 Å². The molecule has 0 fully saturated rings. The van der Waals surface area contributed by atoms with E-state index in [4.69, 9.17) is 15.2 Å². The molecule has 0 aliphatic rings. The van der Waals surface area contributed by atoms with Crippen molar-refractivity contribution in [2.75, 3.05) is 20.2 Å². The second-order valence-electron chi connectivity index (χ2n) is 6.19. The van der Waals surface area contributed by atoms with Gasteiger partial charge >= 0.3 is 0 Å². The number of amides is 1. The van der Waals surface area contributed by atoms with E-state index in [1.165, 1.54) is 0 Å². The summed E-state index contributed by atoms with van der Waals surface area (Å²) < 4.78 is 11.0. The van der Waals surface area contributed by atoms with Crippen LogP contribution in [0.25, 0.3) is 0 Å². The maximum absolute atomic E-state index is 12.8. The number of carbonyl (C=O) groups excluding carboxylic acids is 1. The molecule has 2 aromatic rings. The lowest BCUT2D eigenvalue weighted by molar-refractivity contribution is -0.144. The van der Waals surface area contributed by atoms with Crippen LogP contribution in [0.15, 0.2) is 54.6 Å². The zero-order chi connectivity index (χ0) is 18.8. The Bertz CT molecular complexity index is 676. The van der Waals surface area contributed by atoms with Crippen molar-refractivity contribution in [2.45, 2.75) is 32.6 Å². The van der Waals surface area contributed by atoms with Gasteiger partial charge in [0.1, 0.15) is 11.9 Å². The number of hydrogen-bond acceptors (Lipinski definition) is 4. The smallest absolute Gasteiger partial charge is 0.251 e. The molecular weight excluding hydrogens is 328 g/mol. The molecule has 0 aliphatic carbocycles. The summed E-state index contributed by atoms with van der Waals surface area (Å²) in [6, 6.07) is 17.6. The van der Waals surface area contributed by atoms with Gasteiger partial charge in [0.05, 0.1) is 13.7 Å². The van der Waals surface area contributed by atoms with Crippen molar-refractivity contribution in [3.8, 4) is 5.75 Å². The van der Waals surface area contributed by atoms with Crippen molar-refractivity contribution in [3.05, 3.63) is 65.7 Å². The Morgan fingerprint density at radius 3 is 2.54 bits per heavy atom. The summed E-state index contributed by atoms with van der Waals surface area (Å²) in [6.45, 7) is 3.89. The lowest BCUT2D eigenvalue weighted by Crippen LogP contribution is -2.39. The van der Waals surface area contributed by atoms with Crippen LogP contribution in [0, 0.1) is 0 Å². The quantitative estimate of drug-likeness (QED) is 0.711. The van der Waals surface area contributed by atoms with Gasteiger partial charge in [0.2, 0.25) is 0 Å². The Balaban J connectivity index is 1.96. The van der Waals surface area contributed by atoms with Gasteiger partial charge in [0, 0.05) is 13.1 Å². The standard InChI is InChI=1S/C21H28N2O3/c1-17(26-16-19-10-6-11-20(14-19)25-2)21(24)23(13-7-12-22)15-18-8-4-3-5-9-18/h3-6,8-11,14,17H,7,12-13,15-16,22H2,1-2H3. The van der Waals surface area contributed by atoms with Crippen molar-refractivity contribution in [2.24, 2.45) is 5.73 Å². The lowest BCUT2D eigenvalue weighted by atomic mass is 10.2. The van der Waals surface area contributed by atoms with Crippen molar-refractivity contribution in [3.63, 3.8) is 0 Å². The zero-order valence-corrected chi connectivity index (χ0v) is 15.6. The summed E-state index contributed by atoms with van der Waals surface area (Å²) in [5, 5.41) is 0. The molecule has 140 valence electrons. The SMILES string of the molecule is COc1cccc(COC(C)C(=O)N(CCCN)Cc2ccccc2)c1. The average Bonchev–Trinajstić information content (AvgIpc) is 2.69. The molecule has 1 unspecified atom stereocenters. The van der Waals surface area contributed by atoms with Crippen LogP contribution in [0.1, 0.15) is 24.5 Å². The van der Waals surface area contributed by atoms with Crippen molar-refractivity contribution >= 4 is 5.91 Å². The van der Waals surface area contributed by atoms with Crippen LogP contribution in [-0.2, 0) is 22.7 Å². The second kappa shape index (κ2) is 10.6. The van der Waals surface area contributed by atoms with Gasteiger partial charge in [-0.2, -0.15) is 0 Å². The first-order valence-corrected chi connectivity index (χ1v) is 8.91. The maximum Gasteiger partial charge on any atom is 0.251 e. The van der Waals surface area contributed by atoms with Crippen LogP contribution in [0.3, 0.4) is 0 Å². The molecule has 0 spiro atoms. The predicted octanol–water partition coefficient (Wildman–Crippen LogP) is 2.98. The molecule has 0 saturated carbocycles. The number of methoxy groups -OCH3 is 1. The predicted molar refractivity (Wildman–Crippen MR) is 103 cm³/mol. The van der Waals surface area contributed by atoms with E-state index < -0.39 is 6.10 Å². The largest absolute Gasteiger partial charge is 0.497 e. The molecule has 0 heterocycles. The van der Waals surface area contributed by atoms with Gasteiger partial charge in [-0.15, -0.1) is 0 Å². The summed E-state index contributed by atoms with van der Waals surface area (Å²) in [6.07, 6.45) is 0.240. The Morgan fingerprint density at radius 2 is 1.85 bits per heavy atom. The maximum atomic E-state index is 12.8. The van der Waals surface area contributed by atoms with Gasteiger partial charge in [0.15, 0.2) is 0 Å². The average molecular weight is 356 g/mol. The van der Waals surface area contributed by atoms with Gasteiger partial charge in [-0.05, 0) is 43.1 Å². The summed E-state index contributed by atoms with van der Waals surface area (Å²) in [7, 11) is 1.63. The summed E-state index contributed by atoms with van der Waals surface area (Å²) >= 11 is 0. The summed E-state index contributed by atoms with van der Waals surface area (Å²) in [5.41, 5.74) is 7.70. The first-order chi connectivity index (χ1) is 12.6. The highest BCUT2D eigenvalue weighted by atomic mass is 16.5. The number of benzene rings is 2. The van der Waals surface area contributed by atoms with Crippen LogP contribution in [0.4, 0.5) is 0 Å². The van der Waals surface area contributed by atoms with E-state index in [2.05, 4.69) is 0 Å². The Hall–Kier alpha value is -2.37. The molecule has 0 bridgehead atoms. The molecule has 0 aliphatic heterocycles. The van der Waals surface area contributed by atoms with Crippen LogP contribution in [-0.4, -0.2) is 37.1 Å². The highest BCUT2D eigenvalue weighted by molar-refractivity contribution is 5.80. The van der Waals surface area contributed by atoms with E-state index in [9.17, 15) is 4.79 Å². The van der Waals surface area contributed by atoms with Crippen molar-refractivity contribution in [1.82, 2.24) is 4.90 Å². The van der Waals surface area contributed by atoms with E-state index in [-0.39, 0.29) is 5.91 Å². The van der Waals surface area contributed by atoms with Crippen LogP contribution in [0.2, 0.25) is 0 Å². The molecule has 0 saturated heterocycles. The monoisotopic (exact) mass is 356 g/mol. The minimum Gasteiger partial charge on any atom is -0.497 e. The molecular formula is C21H28N2O3. The van der Waals surface area contributed by atoms with E-state index >= 15 is 0 Å². The number of carbonyl (C=O) groups is 1. The number of ether oxygens (including phenoxy) is 2. The molecule has 2 rings (SSSR count). The molecule has 26 heavy (non-hydrogen) atoms. The fraction of sp³-hybridized carbons (Fsp3) is 0.381. The fourth-order valence-electron chi connectivity index (χ4n) is 2.66. The summed E-state index contributed by atoms with van der Waals surface area (Å²) in [5.74, 6) is 0.754. The minimum absolute atomic E-state index is 0.0230. The van der Waals surface area contributed by atoms with E-state index in [1.54, 1.807) is 14.0 Å². The van der Waals surface area contributed by atoms with Crippen molar-refractivity contribution in [1.29, 1.82) is 0 Å². The number of rotatable bonds is 10. The van der Waals surface area contributed by atoms with Gasteiger partial charge in [0.25, 0.3) is 5.91 Å². The molecule has 0 radical (unpaired) electrons. The summed E-state index contributed by atoms with van der Waals surface area (Å²) in [4.78, 5) is 14.7. The molecule has 1 atom stereocenters.